The zero-order valence-electron chi connectivity index (χ0n) is 12.6. The first-order valence-electron chi connectivity index (χ1n) is 7.58. The second kappa shape index (κ2) is 8.34. The van der Waals surface area contributed by atoms with Crippen LogP contribution < -0.4 is 5.73 Å². The standard InChI is InChI=1S/C17H29NO/c1-4-6-9-14(5-2)17(19)16(12-18)15-10-7-8-13(3)11-15/h7-8,10-11,14,16-17,19H,4-6,9,12,18H2,1-3H3. The van der Waals surface area contributed by atoms with E-state index in [0.29, 0.717) is 12.5 Å². The smallest absolute Gasteiger partial charge is 0.0648 e. The second-order valence-electron chi connectivity index (χ2n) is 5.56. The maximum atomic E-state index is 10.7. The zero-order chi connectivity index (χ0) is 14.3. The first kappa shape index (κ1) is 16.2. The molecule has 0 aliphatic carbocycles. The van der Waals surface area contributed by atoms with E-state index in [9.17, 15) is 5.11 Å². The molecule has 0 fully saturated rings. The van der Waals surface area contributed by atoms with Gasteiger partial charge in [-0.05, 0) is 24.8 Å². The Kier molecular flexibility index (Phi) is 7.11. The summed E-state index contributed by atoms with van der Waals surface area (Å²) in [5.74, 6) is 0.413. The molecule has 0 saturated carbocycles. The van der Waals surface area contributed by atoms with Gasteiger partial charge >= 0.3 is 0 Å². The van der Waals surface area contributed by atoms with Crippen molar-refractivity contribution in [2.24, 2.45) is 11.7 Å². The van der Waals surface area contributed by atoms with Crippen LogP contribution in [0.15, 0.2) is 24.3 Å². The maximum Gasteiger partial charge on any atom is 0.0648 e. The van der Waals surface area contributed by atoms with Crippen molar-refractivity contribution in [3.63, 3.8) is 0 Å². The number of hydrogen-bond acceptors (Lipinski definition) is 2. The predicted octanol–water partition coefficient (Wildman–Crippen LogP) is 3.61. The third kappa shape index (κ3) is 4.63. The molecule has 0 saturated heterocycles. The number of nitrogens with two attached hydrogens (primary N) is 1. The Balaban J connectivity index is 2.82. The Morgan fingerprint density at radius 3 is 2.53 bits per heavy atom. The largest absolute Gasteiger partial charge is 0.392 e. The Hall–Kier alpha value is -0.860. The van der Waals surface area contributed by atoms with Crippen LogP contribution >= 0.6 is 0 Å². The molecule has 3 atom stereocenters. The summed E-state index contributed by atoms with van der Waals surface area (Å²) < 4.78 is 0. The molecule has 0 radical (unpaired) electrons. The minimum absolute atomic E-state index is 0.0571. The van der Waals surface area contributed by atoms with Crippen LogP contribution in [0.2, 0.25) is 0 Å². The van der Waals surface area contributed by atoms with Crippen molar-refractivity contribution < 1.29 is 5.11 Å². The quantitative estimate of drug-likeness (QED) is 0.752. The molecular weight excluding hydrogens is 234 g/mol. The van der Waals surface area contributed by atoms with E-state index in [1.165, 1.54) is 24.0 Å². The second-order valence-corrected chi connectivity index (χ2v) is 5.56. The first-order chi connectivity index (χ1) is 9.13. The number of benzene rings is 1. The van der Waals surface area contributed by atoms with Gasteiger partial charge in [0.2, 0.25) is 0 Å². The molecule has 0 aliphatic heterocycles. The predicted molar refractivity (Wildman–Crippen MR) is 82.3 cm³/mol. The summed E-state index contributed by atoms with van der Waals surface area (Å²) in [6.45, 7) is 6.94. The summed E-state index contributed by atoms with van der Waals surface area (Å²) in [4.78, 5) is 0. The third-order valence-corrected chi connectivity index (χ3v) is 4.07. The molecule has 0 amide bonds. The van der Waals surface area contributed by atoms with E-state index in [1.807, 2.05) is 6.07 Å². The Labute approximate surface area is 118 Å². The van der Waals surface area contributed by atoms with Crippen molar-refractivity contribution in [2.45, 2.75) is 58.5 Å². The topological polar surface area (TPSA) is 46.2 Å². The van der Waals surface area contributed by atoms with Gasteiger partial charge in [-0.1, -0.05) is 62.9 Å². The van der Waals surface area contributed by atoms with Gasteiger partial charge in [0, 0.05) is 12.5 Å². The maximum absolute atomic E-state index is 10.7. The SMILES string of the molecule is CCCCC(CC)C(O)C(CN)c1cccc(C)c1. The van der Waals surface area contributed by atoms with Gasteiger partial charge < -0.3 is 10.8 Å². The lowest BCUT2D eigenvalue weighted by Gasteiger charge is -2.29. The van der Waals surface area contributed by atoms with Gasteiger partial charge in [0.1, 0.15) is 0 Å². The highest BCUT2D eigenvalue weighted by atomic mass is 16.3. The molecule has 0 heterocycles. The van der Waals surface area contributed by atoms with E-state index in [4.69, 9.17) is 5.73 Å². The number of aliphatic hydroxyl groups excluding tert-OH is 1. The summed E-state index contributed by atoms with van der Waals surface area (Å²) in [6.07, 6.45) is 4.14. The molecule has 3 N–H and O–H groups in total. The number of unbranched alkanes of at least 4 members (excludes halogenated alkanes) is 1. The van der Waals surface area contributed by atoms with Gasteiger partial charge in [0.25, 0.3) is 0 Å². The molecule has 0 aliphatic rings. The number of hydrogen-bond donors (Lipinski definition) is 2. The first-order valence-corrected chi connectivity index (χ1v) is 7.58. The van der Waals surface area contributed by atoms with Crippen LogP contribution in [0.4, 0.5) is 0 Å². The molecule has 0 aromatic heterocycles. The summed E-state index contributed by atoms with van der Waals surface area (Å²) in [7, 11) is 0. The lowest BCUT2D eigenvalue weighted by molar-refractivity contribution is 0.0743. The van der Waals surface area contributed by atoms with E-state index in [0.717, 1.165) is 12.8 Å². The highest BCUT2D eigenvalue weighted by Gasteiger charge is 2.26. The van der Waals surface area contributed by atoms with Crippen molar-refractivity contribution in [2.75, 3.05) is 6.54 Å². The van der Waals surface area contributed by atoms with Crippen LogP contribution in [0.3, 0.4) is 0 Å². The molecule has 19 heavy (non-hydrogen) atoms. The van der Waals surface area contributed by atoms with Gasteiger partial charge in [-0.2, -0.15) is 0 Å². The number of aryl methyl sites for hydroxylation is 1. The average molecular weight is 263 g/mol. The molecule has 3 unspecified atom stereocenters. The summed E-state index contributed by atoms with van der Waals surface area (Å²) >= 11 is 0. The molecular formula is C17H29NO. The van der Waals surface area contributed by atoms with Gasteiger partial charge in [0.15, 0.2) is 0 Å². The molecule has 108 valence electrons. The average Bonchev–Trinajstić information content (AvgIpc) is 2.40. The Morgan fingerprint density at radius 2 is 2.00 bits per heavy atom. The highest BCUT2D eigenvalue weighted by molar-refractivity contribution is 5.26. The molecule has 0 spiro atoms. The van der Waals surface area contributed by atoms with Gasteiger partial charge in [-0.25, -0.2) is 0 Å². The van der Waals surface area contributed by atoms with Crippen LogP contribution in [0, 0.1) is 12.8 Å². The fourth-order valence-electron chi connectivity index (χ4n) is 2.78. The molecule has 2 nitrogen and oxygen atoms in total. The van der Waals surface area contributed by atoms with Crippen LogP contribution in [-0.2, 0) is 0 Å². The number of rotatable bonds is 8. The van der Waals surface area contributed by atoms with Gasteiger partial charge in [-0.3, -0.25) is 0 Å². The van der Waals surface area contributed by atoms with Crippen molar-refractivity contribution >= 4 is 0 Å². The lowest BCUT2D eigenvalue weighted by atomic mass is 9.82. The van der Waals surface area contributed by atoms with Crippen LogP contribution in [0.1, 0.15) is 56.6 Å². The van der Waals surface area contributed by atoms with Crippen molar-refractivity contribution in [1.82, 2.24) is 0 Å². The summed E-state index contributed by atoms with van der Waals surface area (Å²) in [5, 5.41) is 10.7. The van der Waals surface area contributed by atoms with Gasteiger partial charge in [-0.15, -0.1) is 0 Å². The van der Waals surface area contributed by atoms with E-state index in [2.05, 4.69) is 39.0 Å². The zero-order valence-corrected chi connectivity index (χ0v) is 12.6. The summed E-state index contributed by atoms with van der Waals surface area (Å²) in [5.41, 5.74) is 8.31. The minimum Gasteiger partial charge on any atom is -0.392 e. The van der Waals surface area contributed by atoms with Crippen molar-refractivity contribution in [1.29, 1.82) is 0 Å². The molecule has 1 aromatic rings. The normalized spacial score (nSPS) is 16.1. The fourth-order valence-corrected chi connectivity index (χ4v) is 2.78. The lowest BCUT2D eigenvalue weighted by Crippen LogP contribution is -2.32. The Bertz CT molecular complexity index is 364. The molecule has 2 heteroatoms. The van der Waals surface area contributed by atoms with E-state index < -0.39 is 0 Å². The van der Waals surface area contributed by atoms with Crippen LogP contribution in [-0.4, -0.2) is 17.8 Å². The van der Waals surface area contributed by atoms with E-state index in [1.54, 1.807) is 0 Å². The van der Waals surface area contributed by atoms with Gasteiger partial charge in [0.05, 0.1) is 6.10 Å². The summed E-state index contributed by atoms with van der Waals surface area (Å²) in [6, 6.07) is 8.36. The number of aliphatic hydroxyl groups is 1. The third-order valence-electron chi connectivity index (χ3n) is 4.07. The van der Waals surface area contributed by atoms with Crippen LogP contribution in [0.5, 0.6) is 0 Å². The van der Waals surface area contributed by atoms with Crippen LogP contribution in [0.25, 0.3) is 0 Å². The van der Waals surface area contributed by atoms with E-state index >= 15 is 0 Å². The fraction of sp³-hybridized carbons (Fsp3) is 0.647. The minimum atomic E-state index is -0.330. The van der Waals surface area contributed by atoms with Crippen molar-refractivity contribution in [3.8, 4) is 0 Å². The van der Waals surface area contributed by atoms with Crippen molar-refractivity contribution in [3.05, 3.63) is 35.4 Å². The Morgan fingerprint density at radius 1 is 1.26 bits per heavy atom. The molecule has 0 bridgehead atoms. The van der Waals surface area contributed by atoms with E-state index in [-0.39, 0.29) is 12.0 Å². The molecule has 1 aromatic carbocycles. The molecule has 1 rings (SSSR count). The monoisotopic (exact) mass is 263 g/mol. The highest BCUT2D eigenvalue weighted by Crippen LogP contribution is 2.28.